The van der Waals surface area contributed by atoms with Crippen molar-refractivity contribution in [2.75, 3.05) is 5.73 Å². The zero-order chi connectivity index (χ0) is 17.4. The topological polar surface area (TPSA) is 64.9 Å². The fourth-order valence-electron chi connectivity index (χ4n) is 3.16. The fourth-order valence-corrected chi connectivity index (χ4v) is 3.16. The van der Waals surface area contributed by atoms with Crippen LogP contribution in [-0.2, 0) is 0 Å². The normalized spacial score (nSPS) is 12.4. The van der Waals surface area contributed by atoms with Gasteiger partial charge in [0.05, 0.1) is 5.92 Å². The molecular formula is C21H19N3O. The van der Waals surface area contributed by atoms with E-state index in [0.29, 0.717) is 17.4 Å². The van der Waals surface area contributed by atoms with Gasteiger partial charge in [-0.05, 0) is 47.9 Å². The Morgan fingerprint density at radius 3 is 2.68 bits per heavy atom. The minimum absolute atomic E-state index is 0.00807. The number of fused-ring (bicyclic) bond motifs is 1. The maximum absolute atomic E-state index is 5.90. The largest absolute Gasteiger partial charge is 0.399 e. The van der Waals surface area contributed by atoms with E-state index in [-0.39, 0.29) is 5.92 Å². The Hall–Kier alpha value is -3.14. The van der Waals surface area contributed by atoms with E-state index in [2.05, 4.69) is 47.4 Å². The summed E-state index contributed by atoms with van der Waals surface area (Å²) in [4.78, 5) is 4.63. The summed E-state index contributed by atoms with van der Waals surface area (Å²) in [6, 6.07) is 20.3. The molecule has 0 spiro atoms. The summed E-state index contributed by atoms with van der Waals surface area (Å²) in [6.45, 7) is 4.10. The van der Waals surface area contributed by atoms with Gasteiger partial charge in [-0.1, -0.05) is 53.7 Å². The van der Waals surface area contributed by atoms with E-state index >= 15 is 0 Å². The number of anilines is 1. The third-order valence-electron chi connectivity index (χ3n) is 4.60. The van der Waals surface area contributed by atoms with Crippen molar-refractivity contribution in [3.05, 3.63) is 77.7 Å². The highest BCUT2D eigenvalue weighted by atomic mass is 16.5. The molecule has 0 saturated carbocycles. The zero-order valence-corrected chi connectivity index (χ0v) is 14.2. The number of benzene rings is 3. The lowest BCUT2D eigenvalue weighted by Gasteiger charge is -2.10. The Kier molecular flexibility index (Phi) is 3.73. The van der Waals surface area contributed by atoms with Crippen LogP contribution in [0.3, 0.4) is 0 Å². The van der Waals surface area contributed by atoms with Gasteiger partial charge in [0.15, 0.2) is 0 Å². The first kappa shape index (κ1) is 15.4. The minimum atomic E-state index is 0.00807. The molecule has 25 heavy (non-hydrogen) atoms. The van der Waals surface area contributed by atoms with Gasteiger partial charge in [-0.2, -0.15) is 4.98 Å². The van der Waals surface area contributed by atoms with Gasteiger partial charge in [-0.3, -0.25) is 0 Å². The van der Waals surface area contributed by atoms with Crippen molar-refractivity contribution in [3.63, 3.8) is 0 Å². The van der Waals surface area contributed by atoms with Crippen LogP contribution in [0.1, 0.15) is 29.9 Å². The predicted molar refractivity (Wildman–Crippen MR) is 100 cm³/mol. The first-order valence-electron chi connectivity index (χ1n) is 8.31. The number of rotatable bonds is 3. The lowest BCUT2D eigenvalue weighted by molar-refractivity contribution is 0.371. The zero-order valence-electron chi connectivity index (χ0n) is 14.2. The predicted octanol–water partition coefficient (Wildman–Crippen LogP) is 4.93. The lowest BCUT2D eigenvalue weighted by Crippen LogP contribution is -1.98. The Morgan fingerprint density at radius 1 is 1.00 bits per heavy atom. The molecule has 1 heterocycles. The molecular weight excluding hydrogens is 310 g/mol. The Morgan fingerprint density at radius 2 is 1.80 bits per heavy atom. The monoisotopic (exact) mass is 329 g/mol. The van der Waals surface area contributed by atoms with Crippen LogP contribution in [0.15, 0.2) is 65.2 Å². The van der Waals surface area contributed by atoms with Gasteiger partial charge < -0.3 is 10.3 Å². The van der Waals surface area contributed by atoms with E-state index in [4.69, 9.17) is 10.3 Å². The highest BCUT2D eigenvalue weighted by Crippen LogP contribution is 2.31. The highest BCUT2D eigenvalue weighted by Gasteiger charge is 2.19. The number of hydrogen-bond donors (Lipinski definition) is 1. The molecule has 0 radical (unpaired) electrons. The van der Waals surface area contributed by atoms with E-state index in [0.717, 1.165) is 11.1 Å². The van der Waals surface area contributed by atoms with Crippen LogP contribution in [-0.4, -0.2) is 10.1 Å². The van der Waals surface area contributed by atoms with E-state index in [1.54, 1.807) is 0 Å². The van der Waals surface area contributed by atoms with Crippen molar-refractivity contribution in [2.45, 2.75) is 19.8 Å². The summed E-state index contributed by atoms with van der Waals surface area (Å²) in [7, 11) is 0. The minimum Gasteiger partial charge on any atom is -0.399 e. The SMILES string of the molecule is Cc1ccc(N)cc1-c1noc(C(C)c2cccc3ccccc23)n1. The van der Waals surface area contributed by atoms with E-state index in [9.17, 15) is 0 Å². The van der Waals surface area contributed by atoms with Gasteiger partial charge >= 0.3 is 0 Å². The number of hydrogen-bond acceptors (Lipinski definition) is 4. The maximum atomic E-state index is 5.90. The van der Waals surface area contributed by atoms with Gasteiger partial charge in [0.1, 0.15) is 0 Å². The van der Waals surface area contributed by atoms with Gasteiger partial charge in [-0.15, -0.1) is 0 Å². The van der Waals surface area contributed by atoms with E-state index in [1.807, 2.05) is 37.3 Å². The molecule has 4 aromatic rings. The first-order valence-corrected chi connectivity index (χ1v) is 8.31. The fraction of sp³-hybridized carbons (Fsp3) is 0.143. The molecule has 1 atom stereocenters. The Bertz CT molecular complexity index is 1050. The molecule has 0 aliphatic rings. The molecule has 1 aromatic heterocycles. The average Bonchev–Trinajstić information content (AvgIpc) is 3.12. The molecule has 4 nitrogen and oxygen atoms in total. The summed E-state index contributed by atoms with van der Waals surface area (Å²) in [6.07, 6.45) is 0. The number of aromatic nitrogens is 2. The summed E-state index contributed by atoms with van der Waals surface area (Å²) >= 11 is 0. The maximum Gasteiger partial charge on any atom is 0.234 e. The van der Waals surface area contributed by atoms with Gasteiger partial charge in [0, 0.05) is 11.3 Å². The molecule has 0 aliphatic carbocycles. The van der Waals surface area contributed by atoms with Crippen LogP contribution in [0.25, 0.3) is 22.2 Å². The first-order chi connectivity index (χ1) is 12.1. The van der Waals surface area contributed by atoms with Crippen molar-refractivity contribution < 1.29 is 4.52 Å². The molecule has 0 bridgehead atoms. The van der Waals surface area contributed by atoms with Crippen LogP contribution in [0.4, 0.5) is 5.69 Å². The second kappa shape index (κ2) is 6.06. The molecule has 0 saturated heterocycles. The number of aryl methyl sites for hydroxylation is 1. The summed E-state index contributed by atoms with van der Waals surface area (Å²) in [5.41, 5.74) is 9.74. The Labute approximate surface area is 146 Å². The van der Waals surface area contributed by atoms with Gasteiger partial charge in [0.25, 0.3) is 0 Å². The third-order valence-corrected chi connectivity index (χ3v) is 4.60. The van der Waals surface area contributed by atoms with Crippen LogP contribution >= 0.6 is 0 Å². The summed E-state index contributed by atoms with van der Waals surface area (Å²) < 4.78 is 5.58. The molecule has 0 aliphatic heterocycles. The molecule has 0 amide bonds. The van der Waals surface area contributed by atoms with Gasteiger partial charge in [0.2, 0.25) is 11.7 Å². The molecule has 1 unspecified atom stereocenters. The molecule has 2 N–H and O–H groups in total. The number of nitrogens with zero attached hydrogens (tertiary/aromatic N) is 2. The Balaban J connectivity index is 1.75. The van der Waals surface area contributed by atoms with Crippen molar-refractivity contribution in [3.8, 4) is 11.4 Å². The van der Waals surface area contributed by atoms with Crippen molar-refractivity contribution >= 4 is 16.5 Å². The van der Waals surface area contributed by atoms with Crippen LogP contribution in [0.5, 0.6) is 0 Å². The highest BCUT2D eigenvalue weighted by molar-refractivity contribution is 5.86. The summed E-state index contributed by atoms with van der Waals surface area (Å²) in [5.74, 6) is 1.19. The van der Waals surface area contributed by atoms with Crippen LogP contribution < -0.4 is 5.73 Å². The molecule has 4 rings (SSSR count). The molecule has 3 aromatic carbocycles. The van der Waals surface area contributed by atoms with Gasteiger partial charge in [-0.25, -0.2) is 0 Å². The second-order valence-corrected chi connectivity index (χ2v) is 6.32. The standard InChI is InChI=1S/C21H19N3O/c1-13-10-11-16(22)12-19(13)20-23-21(25-24-20)14(2)17-9-5-7-15-6-3-4-8-18(15)17/h3-12,14H,22H2,1-2H3. The molecule has 4 heteroatoms. The van der Waals surface area contributed by atoms with Crippen molar-refractivity contribution in [1.29, 1.82) is 0 Å². The quantitative estimate of drug-likeness (QED) is 0.541. The molecule has 0 fully saturated rings. The lowest BCUT2D eigenvalue weighted by atomic mass is 9.95. The number of nitrogens with two attached hydrogens (primary N) is 1. The van der Waals surface area contributed by atoms with E-state index in [1.165, 1.54) is 16.3 Å². The second-order valence-electron chi connectivity index (χ2n) is 6.32. The van der Waals surface area contributed by atoms with E-state index < -0.39 is 0 Å². The van der Waals surface area contributed by atoms with Crippen molar-refractivity contribution in [1.82, 2.24) is 10.1 Å². The average molecular weight is 329 g/mol. The van der Waals surface area contributed by atoms with Crippen LogP contribution in [0, 0.1) is 6.92 Å². The van der Waals surface area contributed by atoms with Crippen molar-refractivity contribution in [2.24, 2.45) is 0 Å². The third kappa shape index (κ3) is 2.76. The van der Waals surface area contributed by atoms with Crippen LogP contribution in [0.2, 0.25) is 0 Å². The number of nitrogen functional groups attached to an aromatic ring is 1. The smallest absolute Gasteiger partial charge is 0.234 e. The summed E-state index contributed by atoms with van der Waals surface area (Å²) in [5, 5.41) is 6.59. The molecule has 124 valence electrons.